The lowest BCUT2D eigenvalue weighted by molar-refractivity contribution is -0.140. The van der Waals surface area contributed by atoms with Crippen LogP contribution in [0.2, 0.25) is 0 Å². The number of hydrogen-bond donors (Lipinski definition) is 0. The Labute approximate surface area is 85.1 Å². The van der Waals surface area contributed by atoms with Gasteiger partial charge in [-0.1, -0.05) is 0 Å². The van der Waals surface area contributed by atoms with E-state index in [1.165, 1.54) is 0 Å². The third-order valence-electron chi connectivity index (χ3n) is 1.61. The molecule has 86 valence electrons. The lowest BCUT2D eigenvalue weighted by Gasteiger charge is -2.10. The summed E-state index contributed by atoms with van der Waals surface area (Å²) in [4.78, 5) is 2.78. The van der Waals surface area contributed by atoms with Crippen molar-refractivity contribution in [1.82, 2.24) is 4.98 Å². The molecule has 1 rings (SSSR count). The molecule has 0 radical (unpaired) electrons. The predicted molar refractivity (Wildman–Crippen MR) is 38.9 cm³/mol. The fourth-order valence-electron chi connectivity index (χ4n) is 0.941. The van der Waals surface area contributed by atoms with E-state index in [0.29, 0.717) is 0 Å². The van der Waals surface area contributed by atoms with E-state index in [2.05, 4.69) is 4.98 Å². The van der Waals surface area contributed by atoms with Crippen LogP contribution in [0.25, 0.3) is 0 Å². The predicted octanol–water partition coefficient (Wildman–Crippen LogP) is 3.05. The van der Waals surface area contributed by atoms with Crippen LogP contribution in [-0.4, -0.2) is 4.98 Å². The highest BCUT2D eigenvalue weighted by molar-refractivity contribution is 5.33. The van der Waals surface area contributed by atoms with E-state index in [4.69, 9.17) is 5.26 Å². The summed E-state index contributed by atoms with van der Waals surface area (Å²) in [5, 5.41) is 8.25. The van der Waals surface area contributed by atoms with Gasteiger partial charge in [-0.2, -0.15) is 18.4 Å². The molecule has 0 saturated carbocycles. The van der Waals surface area contributed by atoms with E-state index >= 15 is 0 Å². The quantitative estimate of drug-likeness (QED) is 0.707. The number of alkyl halides is 5. The third-order valence-corrected chi connectivity index (χ3v) is 1.61. The molecule has 0 aliphatic carbocycles. The second-order valence-corrected chi connectivity index (χ2v) is 2.67. The Morgan fingerprint density at radius 1 is 1.31 bits per heavy atom. The number of aromatic nitrogens is 1. The SMILES string of the molecule is N#Cc1nc(C(F)F)cc(C(F)(F)F)c1F. The first-order valence-electron chi connectivity index (χ1n) is 3.73. The van der Waals surface area contributed by atoms with Gasteiger partial charge in [0.15, 0.2) is 11.5 Å². The number of rotatable bonds is 1. The van der Waals surface area contributed by atoms with Crippen LogP contribution in [0.5, 0.6) is 0 Å². The van der Waals surface area contributed by atoms with E-state index in [0.717, 1.165) is 6.07 Å². The summed E-state index contributed by atoms with van der Waals surface area (Å²) in [5.41, 5.74) is -4.51. The van der Waals surface area contributed by atoms with Gasteiger partial charge in [0.1, 0.15) is 11.8 Å². The van der Waals surface area contributed by atoms with Crippen LogP contribution < -0.4 is 0 Å². The molecule has 1 heterocycles. The average Bonchev–Trinajstić information content (AvgIpc) is 2.15. The second kappa shape index (κ2) is 4.00. The molecule has 0 aliphatic rings. The highest BCUT2D eigenvalue weighted by atomic mass is 19.4. The van der Waals surface area contributed by atoms with Gasteiger partial charge in [0.25, 0.3) is 6.43 Å². The minimum Gasteiger partial charge on any atom is -0.233 e. The van der Waals surface area contributed by atoms with E-state index < -0.39 is 35.4 Å². The van der Waals surface area contributed by atoms with Gasteiger partial charge in [0.2, 0.25) is 0 Å². The number of pyridine rings is 1. The summed E-state index contributed by atoms with van der Waals surface area (Å²) in [6, 6.07) is 0.873. The maximum atomic E-state index is 13.0. The van der Waals surface area contributed by atoms with Gasteiger partial charge in [0, 0.05) is 0 Å². The molecule has 8 heteroatoms. The highest BCUT2D eigenvalue weighted by Crippen LogP contribution is 2.34. The monoisotopic (exact) mass is 240 g/mol. The summed E-state index contributed by atoms with van der Waals surface area (Å²) in [6.45, 7) is 0. The van der Waals surface area contributed by atoms with Crippen LogP contribution in [-0.2, 0) is 6.18 Å². The molecule has 0 amide bonds. The van der Waals surface area contributed by atoms with Gasteiger partial charge >= 0.3 is 6.18 Å². The zero-order valence-electron chi connectivity index (χ0n) is 7.32. The first-order valence-corrected chi connectivity index (χ1v) is 3.73. The summed E-state index contributed by atoms with van der Waals surface area (Å²) < 4.78 is 73.8. The third kappa shape index (κ3) is 2.24. The Balaban J connectivity index is 3.50. The van der Waals surface area contributed by atoms with Gasteiger partial charge in [0.05, 0.1) is 5.56 Å². The van der Waals surface area contributed by atoms with Crippen molar-refractivity contribution in [1.29, 1.82) is 5.26 Å². The maximum absolute atomic E-state index is 13.0. The first-order chi connectivity index (χ1) is 7.27. The topological polar surface area (TPSA) is 36.7 Å². The van der Waals surface area contributed by atoms with E-state index in [1.807, 2.05) is 0 Å². The van der Waals surface area contributed by atoms with E-state index in [-0.39, 0.29) is 6.07 Å². The molecule has 0 aromatic carbocycles. The standard InChI is InChI=1S/C8H2F6N2/c9-6-3(8(12,13)14)1-4(7(10)11)16-5(6)2-15/h1,7H. The van der Waals surface area contributed by atoms with Crippen molar-refractivity contribution in [3.05, 3.63) is 28.8 Å². The zero-order chi connectivity index (χ0) is 12.5. The number of hydrogen-bond acceptors (Lipinski definition) is 2. The summed E-state index contributed by atoms with van der Waals surface area (Å²) in [5.74, 6) is -1.94. The first kappa shape index (κ1) is 12.3. The minimum absolute atomic E-state index is 0.110. The number of nitriles is 1. The lowest BCUT2D eigenvalue weighted by Crippen LogP contribution is -2.12. The van der Waals surface area contributed by atoms with Crippen molar-refractivity contribution in [2.24, 2.45) is 0 Å². The van der Waals surface area contributed by atoms with Crippen molar-refractivity contribution in [3.63, 3.8) is 0 Å². The van der Waals surface area contributed by atoms with Crippen LogP contribution in [0.3, 0.4) is 0 Å². The molecule has 1 aromatic rings. The van der Waals surface area contributed by atoms with Crippen molar-refractivity contribution in [3.8, 4) is 6.07 Å². The number of nitrogens with zero attached hydrogens (tertiary/aromatic N) is 2. The molecule has 2 nitrogen and oxygen atoms in total. The van der Waals surface area contributed by atoms with Crippen LogP contribution in [0, 0.1) is 17.1 Å². The summed E-state index contributed by atoms with van der Waals surface area (Å²) in [6.07, 6.45) is -8.46. The van der Waals surface area contributed by atoms with Gasteiger partial charge in [-0.05, 0) is 6.07 Å². The fourth-order valence-corrected chi connectivity index (χ4v) is 0.941. The molecule has 0 bridgehead atoms. The van der Waals surface area contributed by atoms with Crippen LogP contribution >= 0.6 is 0 Å². The van der Waals surface area contributed by atoms with Crippen LogP contribution in [0.1, 0.15) is 23.4 Å². The largest absolute Gasteiger partial charge is 0.419 e. The molecule has 0 fully saturated rings. The molecule has 0 unspecified atom stereocenters. The van der Waals surface area contributed by atoms with E-state index in [9.17, 15) is 26.3 Å². The molecule has 0 atom stereocenters. The second-order valence-electron chi connectivity index (χ2n) is 2.67. The Morgan fingerprint density at radius 2 is 1.88 bits per heavy atom. The van der Waals surface area contributed by atoms with Crippen molar-refractivity contribution >= 4 is 0 Å². The summed E-state index contributed by atoms with van der Waals surface area (Å²) >= 11 is 0. The van der Waals surface area contributed by atoms with Crippen molar-refractivity contribution < 1.29 is 26.3 Å². The lowest BCUT2D eigenvalue weighted by atomic mass is 10.1. The Bertz CT molecular complexity index is 445. The van der Waals surface area contributed by atoms with Gasteiger partial charge < -0.3 is 0 Å². The van der Waals surface area contributed by atoms with Gasteiger partial charge in [-0.3, -0.25) is 0 Å². The molecular formula is C8H2F6N2. The van der Waals surface area contributed by atoms with Crippen LogP contribution in [0.15, 0.2) is 6.07 Å². The summed E-state index contributed by atoms with van der Waals surface area (Å²) in [7, 11) is 0. The van der Waals surface area contributed by atoms with Gasteiger partial charge in [-0.15, -0.1) is 0 Å². The Hall–Kier alpha value is -1.78. The Morgan fingerprint density at radius 3 is 2.25 bits per heavy atom. The molecule has 16 heavy (non-hydrogen) atoms. The fraction of sp³-hybridized carbons (Fsp3) is 0.250. The maximum Gasteiger partial charge on any atom is 0.419 e. The highest BCUT2D eigenvalue weighted by Gasteiger charge is 2.37. The smallest absolute Gasteiger partial charge is 0.233 e. The molecule has 0 N–H and O–H groups in total. The minimum atomic E-state index is -5.15. The Kier molecular flexibility index (Phi) is 3.07. The van der Waals surface area contributed by atoms with Crippen molar-refractivity contribution in [2.75, 3.05) is 0 Å². The molecular weight excluding hydrogens is 238 g/mol. The molecule has 0 spiro atoms. The number of halogens is 6. The molecule has 0 aliphatic heterocycles. The molecule has 0 saturated heterocycles. The van der Waals surface area contributed by atoms with E-state index in [1.54, 1.807) is 0 Å². The molecule has 1 aromatic heterocycles. The normalized spacial score (nSPS) is 11.6. The zero-order valence-corrected chi connectivity index (χ0v) is 7.32. The van der Waals surface area contributed by atoms with Crippen LogP contribution in [0.4, 0.5) is 26.3 Å². The van der Waals surface area contributed by atoms with Gasteiger partial charge in [-0.25, -0.2) is 18.2 Å². The van der Waals surface area contributed by atoms with Crippen molar-refractivity contribution in [2.45, 2.75) is 12.6 Å². The average molecular weight is 240 g/mol.